The fraction of sp³-hybridized carbons (Fsp3) is 0.0667. The van der Waals surface area contributed by atoms with Crippen molar-refractivity contribution in [3.63, 3.8) is 0 Å². The number of para-hydroxylation sites is 1. The predicted octanol–water partition coefficient (Wildman–Crippen LogP) is 3.75. The van der Waals surface area contributed by atoms with Crippen LogP contribution in [-0.2, 0) is 10.0 Å². The van der Waals surface area contributed by atoms with Gasteiger partial charge in [0.1, 0.15) is 20.5 Å². The van der Waals surface area contributed by atoms with Crippen LogP contribution in [0.15, 0.2) is 51.2 Å². The molecule has 1 aromatic carbocycles. The van der Waals surface area contributed by atoms with Gasteiger partial charge in [-0.3, -0.25) is 4.79 Å². The number of sulfonamides is 1. The van der Waals surface area contributed by atoms with E-state index in [9.17, 15) is 13.2 Å². The molecule has 3 rings (SSSR count). The first-order valence-corrected chi connectivity index (χ1v) is 9.71. The van der Waals surface area contributed by atoms with Gasteiger partial charge in [-0.15, -0.1) is 11.3 Å². The van der Waals surface area contributed by atoms with Crippen molar-refractivity contribution < 1.29 is 17.7 Å². The summed E-state index contributed by atoms with van der Waals surface area (Å²) < 4.78 is 32.2. The minimum Gasteiger partial charge on any atom is -0.336 e. The number of benzene rings is 1. The summed E-state index contributed by atoms with van der Waals surface area (Å²) in [6.07, 6.45) is 0. The van der Waals surface area contributed by atoms with Crippen LogP contribution in [0.5, 0.6) is 0 Å². The van der Waals surface area contributed by atoms with Gasteiger partial charge < -0.3 is 9.84 Å². The Kier molecular flexibility index (Phi) is 4.80. The molecule has 0 aliphatic carbocycles. The maximum Gasteiger partial charge on any atom is 0.267 e. The maximum absolute atomic E-state index is 12.6. The second-order valence-corrected chi connectivity index (χ2v) is 7.90. The van der Waals surface area contributed by atoms with Crippen LogP contribution in [0.4, 0.5) is 11.6 Å². The van der Waals surface area contributed by atoms with Gasteiger partial charge in [0.05, 0.1) is 0 Å². The zero-order valence-electron chi connectivity index (χ0n) is 12.8. The third-order valence-corrected chi connectivity index (χ3v) is 6.04. The number of anilines is 2. The number of amides is 1. The van der Waals surface area contributed by atoms with E-state index in [1.54, 1.807) is 31.2 Å². The molecule has 0 spiro atoms. The third-order valence-electron chi connectivity index (χ3n) is 3.17. The molecule has 25 heavy (non-hydrogen) atoms. The predicted molar refractivity (Wildman–Crippen MR) is 95.8 cm³/mol. The van der Waals surface area contributed by atoms with Crippen molar-refractivity contribution in [2.24, 2.45) is 0 Å². The molecule has 2 aromatic heterocycles. The van der Waals surface area contributed by atoms with Gasteiger partial charge in [0, 0.05) is 5.69 Å². The molecule has 0 fully saturated rings. The molecule has 1 amide bonds. The molecular weight excluding hydrogens is 386 g/mol. The Morgan fingerprint density at radius 1 is 1.24 bits per heavy atom. The second kappa shape index (κ2) is 6.87. The van der Waals surface area contributed by atoms with Crippen molar-refractivity contribution in [1.82, 2.24) is 5.16 Å². The van der Waals surface area contributed by atoms with Crippen molar-refractivity contribution in [1.29, 1.82) is 0 Å². The van der Waals surface area contributed by atoms with E-state index in [2.05, 4.69) is 15.2 Å². The van der Waals surface area contributed by atoms with Crippen LogP contribution in [0.25, 0.3) is 0 Å². The highest BCUT2D eigenvalue weighted by atomic mass is 35.5. The maximum atomic E-state index is 12.6. The van der Waals surface area contributed by atoms with Gasteiger partial charge >= 0.3 is 0 Å². The molecule has 10 heteroatoms. The standard InChI is InChI=1S/C15H12ClN3O4S2/c1-9-12(16)15(23-18-9)19-25(21,22)11-7-8-24-13(11)14(20)17-10-5-3-2-4-6-10/h2-8,19H,1H3,(H,17,20). The van der Waals surface area contributed by atoms with E-state index in [4.69, 9.17) is 16.1 Å². The number of aryl methyl sites for hydroxylation is 1. The molecular formula is C15H12ClN3O4S2. The lowest BCUT2D eigenvalue weighted by Crippen LogP contribution is -2.18. The fourth-order valence-corrected chi connectivity index (χ4v) is 4.47. The van der Waals surface area contributed by atoms with Crippen LogP contribution in [0.2, 0.25) is 5.02 Å². The Bertz CT molecular complexity index is 1010. The molecule has 130 valence electrons. The minimum absolute atomic E-state index is 0.0451. The van der Waals surface area contributed by atoms with Crippen LogP contribution < -0.4 is 10.0 Å². The van der Waals surface area contributed by atoms with Crippen molar-refractivity contribution in [3.05, 3.63) is 57.4 Å². The van der Waals surface area contributed by atoms with E-state index in [1.165, 1.54) is 11.4 Å². The number of carbonyl (C=O) groups is 1. The SMILES string of the molecule is Cc1noc(NS(=O)(=O)c2ccsc2C(=O)Nc2ccccc2)c1Cl. The number of nitrogens with one attached hydrogen (secondary N) is 2. The Morgan fingerprint density at radius 3 is 2.60 bits per heavy atom. The van der Waals surface area contributed by atoms with E-state index in [0.29, 0.717) is 11.4 Å². The number of halogens is 1. The highest BCUT2D eigenvalue weighted by Gasteiger charge is 2.26. The number of aromatic nitrogens is 1. The van der Waals surface area contributed by atoms with Crippen LogP contribution in [0.3, 0.4) is 0 Å². The number of rotatable bonds is 5. The third kappa shape index (κ3) is 3.68. The second-order valence-electron chi connectivity index (χ2n) is 4.95. The molecule has 2 heterocycles. The fourth-order valence-electron chi connectivity index (χ4n) is 1.98. The molecule has 0 saturated heterocycles. The van der Waals surface area contributed by atoms with E-state index in [-0.39, 0.29) is 20.7 Å². The number of hydrogen-bond donors (Lipinski definition) is 2. The topological polar surface area (TPSA) is 101 Å². The summed E-state index contributed by atoms with van der Waals surface area (Å²) >= 11 is 6.94. The van der Waals surface area contributed by atoms with Gasteiger partial charge in [0.15, 0.2) is 0 Å². The summed E-state index contributed by atoms with van der Waals surface area (Å²) in [5.74, 6) is -0.721. The van der Waals surface area contributed by atoms with Gasteiger partial charge in [-0.1, -0.05) is 35.0 Å². The molecule has 0 aliphatic rings. The molecule has 0 aliphatic heterocycles. The zero-order valence-corrected chi connectivity index (χ0v) is 15.2. The smallest absolute Gasteiger partial charge is 0.267 e. The minimum atomic E-state index is -4.07. The van der Waals surface area contributed by atoms with Crippen molar-refractivity contribution >= 4 is 50.4 Å². The van der Waals surface area contributed by atoms with Crippen molar-refractivity contribution in [2.75, 3.05) is 10.0 Å². The van der Waals surface area contributed by atoms with E-state index in [1.807, 2.05) is 6.07 Å². The Morgan fingerprint density at radius 2 is 1.96 bits per heavy atom. The van der Waals surface area contributed by atoms with Crippen molar-refractivity contribution in [3.8, 4) is 0 Å². The lowest BCUT2D eigenvalue weighted by atomic mass is 10.3. The molecule has 0 saturated carbocycles. The van der Waals surface area contributed by atoms with Crippen LogP contribution in [-0.4, -0.2) is 19.5 Å². The highest BCUT2D eigenvalue weighted by molar-refractivity contribution is 7.93. The zero-order chi connectivity index (χ0) is 18.0. The van der Waals surface area contributed by atoms with E-state index in [0.717, 1.165) is 11.3 Å². The molecule has 0 bridgehead atoms. The van der Waals surface area contributed by atoms with Crippen molar-refractivity contribution in [2.45, 2.75) is 11.8 Å². The van der Waals surface area contributed by atoms with Crippen LogP contribution >= 0.6 is 22.9 Å². The first kappa shape index (κ1) is 17.5. The average Bonchev–Trinajstić information content (AvgIpc) is 3.19. The first-order valence-electron chi connectivity index (χ1n) is 6.97. The summed E-state index contributed by atoms with van der Waals surface area (Å²) in [6.45, 7) is 1.58. The van der Waals surface area contributed by atoms with Gasteiger partial charge in [-0.25, -0.2) is 13.1 Å². The number of carbonyl (C=O) groups excluding carboxylic acids is 1. The van der Waals surface area contributed by atoms with E-state index < -0.39 is 15.9 Å². The first-order chi connectivity index (χ1) is 11.9. The molecule has 3 aromatic rings. The molecule has 0 radical (unpaired) electrons. The Balaban J connectivity index is 1.87. The van der Waals surface area contributed by atoms with Gasteiger partial charge in [-0.2, -0.15) is 0 Å². The van der Waals surface area contributed by atoms with Crippen LogP contribution in [0, 0.1) is 6.92 Å². The lowest BCUT2D eigenvalue weighted by Gasteiger charge is -2.07. The molecule has 0 atom stereocenters. The summed E-state index contributed by atoms with van der Waals surface area (Å²) in [7, 11) is -4.07. The Hall–Kier alpha value is -2.36. The molecule has 0 unspecified atom stereocenters. The number of hydrogen-bond acceptors (Lipinski definition) is 6. The highest BCUT2D eigenvalue weighted by Crippen LogP contribution is 2.30. The Labute approximate surface area is 152 Å². The molecule has 7 nitrogen and oxygen atoms in total. The van der Waals surface area contributed by atoms with Gasteiger partial charge in [0.25, 0.3) is 21.8 Å². The summed E-state index contributed by atoms with van der Waals surface area (Å²) in [4.78, 5) is 12.3. The number of thiophene rings is 1. The lowest BCUT2D eigenvalue weighted by molar-refractivity contribution is 0.102. The largest absolute Gasteiger partial charge is 0.336 e. The quantitative estimate of drug-likeness (QED) is 0.682. The van der Waals surface area contributed by atoms with Crippen LogP contribution in [0.1, 0.15) is 15.4 Å². The van der Waals surface area contributed by atoms with Gasteiger partial charge in [0.2, 0.25) is 0 Å². The summed E-state index contributed by atoms with van der Waals surface area (Å²) in [5.41, 5.74) is 0.915. The normalized spacial score (nSPS) is 11.3. The van der Waals surface area contributed by atoms with Gasteiger partial charge in [-0.05, 0) is 30.5 Å². The summed E-state index contributed by atoms with van der Waals surface area (Å²) in [6, 6.07) is 10.1. The van der Waals surface area contributed by atoms with E-state index >= 15 is 0 Å². The number of nitrogens with zero attached hydrogens (tertiary/aromatic N) is 1. The average molecular weight is 398 g/mol. The monoisotopic (exact) mass is 397 g/mol. The molecule has 2 N–H and O–H groups in total. The summed E-state index contributed by atoms with van der Waals surface area (Å²) in [5, 5.41) is 7.82.